The smallest absolute Gasteiger partial charge is 0.0642 e. The Hall–Kier alpha value is -2.42. The first-order chi connectivity index (χ1) is 10.1. The molecule has 0 aromatic carbocycles. The maximum Gasteiger partial charge on any atom is 0.0642 e. The van der Waals surface area contributed by atoms with E-state index < -0.39 is 0 Å². The van der Waals surface area contributed by atoms with Gasteiger partial charge in [-0.3, -0.25) is 4.99 Å². The van der Waals surface area contributed by atoms with Crippen LogP contribution in [0.3, 0.4) is 0 Å². The zero-order valence-electron chi connectivity index (χ0n) is 13.2. The van der Waals surface area contributed by atoms with Crippen molar-refractivity contribution in [2.24, 2.45) is 4.99 Å². The van der Waals surface area contributed by atoms with E-state index in [1.165, 1.54) is 0 Å². The lowest BCUT2D eigenvalue weighted by atomic mass is 10.2. The molecule has 0 amide bonds. The molecule has 0 aliphatic carbocycles. The molecule has 0 fully saturated rings. The Labute approximate surface area is 127 Å². The van der Waals surface area contributed by atoms with Gasteiger partial charge in [0.05, 0.1) is 11.9 Å². The maximum atomic E-state index is 4.44. The molecule has 21 heavy (non-hydrogen) atoms. The number of allylic oxidation sites excluding steroid dienone is 8. The first-order valence-corrected chi connectivity index (χ1v) is 6.97. The zero-order valence-corrected chi connectivity index (χ0v) is 13.2. The van der Waals surface area contributed by atoms with E-state index >= 15 is 0 Å². The molecule has 0 radical (unpaired) electrons. The van der Waals surface area contributed by atoms with E-state index in [9.17, 15) is 0 Å². The molecular formula is C18H23N3. The van der Waals surface area contributed by atoms with Crippen molar-refractivity contribution < 1.29 is 0 Å². The highest BCUT2D eigenvalue weighted by Crippen LogP contribution is 2.09. The Morgan fingerprint density at radius 1 is 1.29 bits per heavy atom. The molecule has 3 nitrogen and oxygen atoms in total. The number of aliphatic imine (C=N–C) groups is 1. The third-order valence-electron chi connectivity index (χ3n) is 2.78. The number of aromatic nitrogens is 2. The topological polar surface area (TPSA) is 30.2 Å². The minimum absolute atomic E-state index is 0.966. The van der Waals surface area contributed by atoms with Crippen LogP contribution in [0.25, 0.3) is 11.8 Å². The van der Waals surface area contributed by atoms with Crippen LogP contribution in [-0.4, -0.2) is 15.5 Å². The Kier molecular flexibility index (Phi) is 6.88. The monoisotopic (exact) mass is 281 g/mol. The van der Waals surface area contributed by atoms with Crippen LogP contribution in [0.15, 0.2) is 66.1 Å². The fourth-order valence-corrected chi connectivity index (χ4v) is 1.66. The number of nitrogens with zero attached hydrogens (tertiary/aromatic N) is 3. The van der Waals surface area contributed by atoms with E-state index in [0.717, 1.165) is 22.7 Å². The summed E-state index contributed by atoms with van der Waals surface area (Å²) in [5, 5.41) is 4.36. The highest BCUT2D eigenvalue weighted by molar-refractivity contribution is 5.96. The van der Waals surface area contributed by atoms with Crippen molar-refractivity contribution in [2.75, 3.05) is 0 Å². The highest BCUT2D eigenvalue weighted by atomic mass is 15.3. The molecule has 1 aromatic rings. The third kappa shape index (κ3) is 5.61. The molecule has 110 valence electrons. The summed E-state index contributed by atoms with van der Waals surface area (Å²) in [7, 11) is 0. The molecule has 0 unspecified atom stereocenters. The minimum Gasteiger partial charge on any atom is -0.259 e. The van der Waals surface area contributed by atoms with Gasteiger partial charge in [-0.05, 0) is 45.9 Å². The molecule has 1 rings (SSSR count). The maximum absolute atomic E-state index is 4.44. The lowest BCUT2D eigenvalue weighted by molar-refractivity contribution is 0.910. The summed E-state index contributed by atoms with van der Waals surface area (Å²) in [6.07, 6.45) is 17.4. The Balaban J connectivity index is 2.92. The predicted molar refractivity (Wildman–Crippen MR) is 93.1 cm³/mol. The summed E-state index contributed by atoms with van der Waals surface area (Å²) in [5.41, 5.74) is 3.98. The van der Waals surface area contributed by atoms with Gasteiger partial charge in [0.1, 0.15) is 0 Å². The Morgan fingerprint density at radius 2 is 2.05 bits per heavy atom. The van der Waals surface area contributed by atoms with Crippen molar-refractivity contribution in [3.8, 4) is 0 Å². The SMILES string of the molecule is C=C/C=C(\C=C/C)n1cc(/C=C/C(C)=N/C(C)=C\C)cn1. The average Bonchev–Trinajstić information content (AvgIpc) is 2.93. The normalized spacial score (nSPS) is 14.4. The van der Waals surface area contributed by atoms with E-state index in [2.05, 4.69) is 16.7 Å². The minimum atomic E-state index is 0.966. The highest BCUT2D eigenvalue weighted by Gasteiger charge is 1.98. The van der Waals surface area contributed by atoms with E-state index in [4.69, 9.17) is 0 Å². The molecule has 1 heterocycles. The van der Waals surface area contributed by atoms with Crippen molar-refractivity contribution in [3.63, 3.8) is 0 Å². The molecule has 0 bridgehead atoms. The number of hydrogen-bond donors (Lipinski definition) is 0. The average molecular weight is 281 g/mol. The number of hydrogen-bond acceptors (Lipinski definition) is 2. The largest absolute Gasteiger partial charge is 0.259 e. The molecule has 0 N–H and O–H groups in total. The summed E-state index contributed by atoms with van der Waals surface area (Å²) in [4.78, 5) is 4.44. The van der Waals surface area contributed by atoms with E-state index in [0.29, 0.717) is 0 Å². The van der Waals surface area contributed by atoms with Gasteiger partial charge in [-0.1, -0.05) is 30.9 Å². The van der Waals surface area contributed by atoms with Gasteiger partial charge in [-0.25, -0.2) is 4.68 Å². The second-order valence-electron chi connectivity index (χ2n) is 4.56. The molecule has 0 aliphatic rings. The summed E-state index contributed by atoms with van der Waals surface area (Å²) >= 11 is 0. The second kappa shape index (κ2) is 8.69. The Morgan fingerprint density at radius 3 is 2.67 bits per heavy atom. The van der Waals surface area contributed by atoms with Gasteiger partial charge in [0.15, 0.2) is 0 Å². The van der Waals surface area contributed by atoms with Gasteiger partial charge in [-0.2, -0.15) is 5.10 Å². The van der Waals surface area contributed by atoms with E-state index in [-0.39, 0.29) is 0 Å². The van der Waals surface area contributed by atoms with E-state index in [1.54, 1.807) is 6.08 Å². The van der Waals surface area contributed by atoms with Gasteiger partial charge in [-0.15, -0.1) is 0 Å². The fourth-order valence-electron chi connectivity index (χ4n) is 1.66. The van der Waals surface area contributed by atoms with Crippen molar-refractivity contribution >= 4 is 17.5 Å². The van der Waals surface area contributed by atoms with Crippen LogP contribution in [0.5, 0.6) is 0 Å². The van der Waals surface area contributed by atoms with Crippen LogP contribution >= 0.6 is 0 Å². The summed E-state index contributed by atoms with van der Waals surface area (Å²) in [6.45, 7) is 11.6. The molecular weight excluding hydrogens is 258 g/mol. The standard InChI is InChI=1S/C18H23N3/c1-6-9-18(10-7-2)21-14-17(13-19-21)12-11-16(5)20-15(4)8-3/h6-14H,1H2,2-5H3/b10-7-,12-11+,15-8-,18-9+,20-16+. The predicted octanol–water partition coefficient (Wildman–Crippen LogP) is 4.88. The summed E-state index contributed by atoms with van der Waals surface area (Å²) in [6, 6.07) is 0. The van der Waals surface area contributed by atoms with Crippen LogP contribution in [0, 0.1) is 0 Å². The van der Waals surface area contributed by atoms with Gasteiger partial charge in [0, 0.05) is 23.2 Å². The Bertz CT molecular complexity index is 623. The molecule has 0 spiro atoms. The molecule has 0 aliphatic heterocycles. The van der Waals surface area contributed by atoms with Gasteiger partial charge >= 0.3 is 0 Å². The summed E-state index contributed by atoms with van der Waals surface area (Å²) in [5.74, 6) is 0. The van der Waals surface area contributed by atoms with Crippen molar-refractivity contribution in [1.82, 2.24) is 9.78 Å². The first kappa shape index (κ1) is 16.6. The molecule has 0 saturated heterocycles. The molecule has 0 atom stereocenters. The van der Waals surface area contributed by atoms with Crippen LogP contribution < -0.4 is 0 Å². The van der Waals surface area contributed by atoms with E-state index in [1.807, 2.05) is 81.2 Å². The van der Waals surface area contributed by atoms with Crippen molar-refractivity contribution in [2.45, 2.75) is 27.7 Å². The van der Waals surface area contributed by atoms with Crippen molar-refractivity contribution in [3.05, 3.63) is 66.7 Å². The van der Waals surface area contributed by atoms with Crippen LogP contribution in [-0.2, 0) is 0 Å². The van der Waals surface area contributed by atoms with Gasteiger partial charge in [0.2, 0.25) is 0 Å². The first-order valence-electron chi connectivity index (χ1n) is 6.97. The van der Waals surface area contributed by atoms with Gasteiger partial charge < -0.3 is 0 Å². The zero-order chi connectivity index (χ0) is 15.7. The molecule has 3 heteroatoms. The quantitative estimate of drug-likeness (QED) is 0.539. The number of rotatable bonds is 6. The van der Waals surface area contributed by atoms with Gasteiger partial charge in [0.25, 0.3) is 0 Å². The lowest BCUT2D eigenvalue weighted by Gasteiger charge is -1.99. The van der Waals surface area contributed by atoms with Crippen molar-refractivity contribution in [1.29, 1.82) is 0 Å². The molecule has 0 saturated carbocycles. The van der Waals surface area contributed by atoms with Crippen LogP contribution in [0.4, 0.5) is 0 Å². The fraction of sp³-hybridized carbons (Fsp3) is 0.222. The summed E-state index contributed by atoms with van der Waals surface area (Å²) < 4.78 is 1.82. The van der Waals surface area contributed by atoms with Crippen LogP contribution in [0.2, 0.25) is 0 Å². The third-order valence-corrected chi connectivity index (χ3v) is 2.78. The lowest BCUT2D eigenvalue weighted by Crippen LogP contribution is -1.93. The second-order valence-corrected chi connectivity index (χ2v) is 4.56. The van der Waals surface area contributed by atoms with Crippen LogP contribution in [0.1, 0.15) is 33.3 Å². The molecule has 1 aromatic heterocycles.